The fraction of sp³-hybridized carbons (Fsp3) is 0.385. The fourth-order valence-corrected chi connectivity index (χ4v) is 2.11. The lowest BCUT2D eigenvalue weighted by Gasteiger charge is -2.25. The van der Waals surface area contributed by atoms with Gasteiger partial charge in [0.2, 0.25) is 0 Å². The van der Waals surface area contributed by atoms with Gasteiger partial charge in [-0.25, -0.2) is 4.68 Å². The van der Waals surface area contributed by atoms with Gasteiger partial charge in [-0.3, -0.25) is 4.90 Å². The average molecular weight is 259 g/mol. The molecule has 0 aliphatic carbocycles. The van der Waals surface area contributed by atoms with E-state index in [9.17, 15) is 0 Å². The average Bonchev–Trinajstić information content (AvgIpc) is 2.89. The van der Waals surface area contributed by atoms with Gasteiger partial charge >= 0.3 is 0 Å². The summed E-state index contributed by atoms with van der Waals surface area (Å²) in [5, 5.41) is 8.36. The largest absolute Gasteiger partial charge is 0.399 e. The molecule has 6 heteroatoms. The molecule has 100 valence electrons. The van der Waals surface area contributed by atoms with Crippen LogP contribution in [0.4, 0.5) is 5.69 Å². The van der Waals surface area contributed by atoms with Crippen LogP contribution in [0.15, 0.2) is 30.5 Å². The predicted molar refractivity (Wildman–Crippen MR) is 71.9 cm³/mol. The molecule has 3 rings (SSSR count). The van der Waals surface area contributed by atoms with Gasteiger partial charge in [0.05, 0.1) is 30.8 Å². The van der Waals surface area contributed by atoms with Crippen LogP contribution in [0.5, 0.6) is 0 Å². The Morgan fingerprint density at radius 3 is 2.63 bits per heavy atom. The molecule has 0 amide bonds. The van der Waals surface area contributed by atoms with Gasteiger partial charge in [-0.2, -0.15) is 0 Å². The summed E-state index contributed by atoms with van der Waals surface area (Å²) in [4.78, 5) is 2.32. The van der Waals surface area contributed by atoms with Gasteiger partial charge < -0.3 is 10.5 Å². The quantitative estimate of drug-likeness (QED) is 0.821. The zero-order chi connectivity index (χ0) is 13.1. The third-order valence-corrected chi connectivity index (χ3v) is 3.19. The molecule has 1 aliphatic rings. The second-order valence-corrected chi connectivity index (χ2v) is 4.63. The number of benzene rings is 1. The Kier molecular flexibility index (Phi) is 3.43. The van der Waals surface area contributed by atoms with E-state index in [1.165, 1.54) is 0 Å². The molecule has 1 aliphatic heterocycles. The maximum Gasteiger partial charge on any atom is 0.0971 e. The smallest absolute Gasteiger partial charge is 0.0971 e. The number of nitrogen functional groups attached to an aromatic ring is 1. The van der Waals surface area contributed by atoms with Crippen molar-refractivity contribution in [2.45, 2.75) is 6.54 Å². The Morgan fingerprint density at radius 2 is 1.89 bits per heavy atom. The number of hydrogen-bond acceptors (Lipinski definition) is 5. The molecule has 0 radical (unpaired) electrons. The maximum absolute atomic E-state index is 5.67. The first-order valence-corrected chi connectivity index (χ1v) is 6.38. The number of nitrogens with two attached hydrogens (primary N) is 1. The third-order valence-electron chi connectivity index (χ3n) is 3.19. The minimum Gasteiger partial charge on any atom is -0.399 e. The van der Waals surface area contributed by atoms with E-state index in [0.717, 1.165) is 49.9 Å². The highest BCUT2D eigenvalue weighted by atomic mass is 16.5. The van der Waals surface area contributed by atoms with Crippen molar-refractivity contribution < 1.29 is 4.74 Å². The molecule has 2 aromatic rings. The van der Waals surface area contributed by atoms with E-state index in [1.807, 2.05) is 30.5 Å². The summed E-state index contributed by atoms with van der Waals surface area (Å²) in [7, 11) is 0. The summed E-state index contributed by atoms with van der Waals surface area (Å²) in [6, 6.07) is 7.59. The number of morpholine rings is 1. The van der Waals surface area contributed by atoms with Crippen molar-refractivity contribution >= 4 is 5.69 Å². The molecule has 6 nitrogen and oxygen atoms in total. The first-order valence-electron chi connectivity index (χ1n) is 6.38. The first kappa shape index (κ1) is 12.1. The molecule has 0 unspecified atom stereocenters. The Balaban J connectivity index is 1.70. The molecule has 0 saturated carbocycles. The van der Waals surface area contributed by atoms with Crippen LogP contribution < -0.4 is 5.73 Å². The number of ether oxygens (including phenoxy) is 1. The second kappa shape index (κ2) is 5.38. The summed E-state index contributed by atoms with van der Waals surface area (Å²) in [6.07, 6.45) is 1.96. The normalized spacial score (nSPS) is 16.6. The van der Waals surface area contributed by atoms with Crippen LogP contribution in [0.1, 0.15) is 5.69 Å². The predicted octanol–water partition coefficient (Wildman–Crippen LogP) is 0.682. The van der Waals surface area contributed by atoms with Gasteiger partial charge in [0.25, 0.3) is 0 Å². The van der Waals surface area contributed by atoms with E-state index in [2.05, 4.69) is 15.2 Å². The number of aromatic nitrogens is 3. The Hall–Kier alpha value is -1.92. The van der Waals surface area contributed by atoms with Gasteiger partial charge in [-0.15, -0.1) is 5.10 Å². The van der Waals surface area contributed by atoms with Crippen molar-refractivity contribution in [2.24, 2.45) is 0 Å². The third kappa shape index (κ3) is 2.91. The van der Waals surface area contributed by atoms with Crippen LogP contribution in [0.25, 0.3) is 5.69 Å². The van der Waals surface area contributed by atoms with E-state index < -0.39 is 0 Å². The molecule has 0 atom stereocenters. The topological polar surface area (TPSA) is 69.2 Å². The number of nitrogens with zero attached hydrogens (tertiary/aromatic N) is 4. The molecular formula is C13H17N5O. The molecule has 1 saturated heterocycles. The molecule has 0 bridgehead atoms. The highest BCUT2D eigenvalue weighted by molar-refractivity contribution is 5.44. The van der Waals surface area contributed by atoms with Gasteiger partial charge in [0.15, 0.2) is 0 Å². The van der Waals surface area contributed by atoms with Crippen LogP contribution in [0.2, 0.25) is 0 Å². The Labute approximate surface area is 111 Å². The molecule has 1 aromatic carbocycles. The number of anilines is 1. The Morgan fingerprint density at radius 1 is 1.16 bits per heavy atom. The van der Waals surface area contributed by atoms with Crippen molar-refractivity contribution in [3.8, 4) is 5.69 Å². The van der Waals surface area contributed by atoms with E-state index in [1.54, 1.807) is 4.68 Å². The van der Waals surface area contributed by atoms with E-state index in [0.29, 0.717) is 0 Å². The van der Waals surface area contributed by atoms with Crippen molar-refractivity contribution in [1.82, 2.24) is 19.9 Å². The van der Waals surface area contributed by atoms with Crippen LogP contribution in [-0.2, 0) is 11.3 Å². The number of rotatable bonds is 3. The summed E-state index contributed by atoms with van der Waals surface area (Å²) in [5.74, 6) is 0. The zero-order valence-corrected chi connectivity index (χ0v) is 10.7. The summed E-state index contributed by atoms with van der Waals surface area (Å²) in [6.45, 7) is 4.32. The lowest BCUT2D eigenvalue weighted by molar-refractivity contribution is 0.0336. The van der Waals surface area contributed by atoms with E-state index >= 15 is 0 Å². The van der Waals surface area contributed by atoms with Crippen LogP contribution in [0.3, 0.4) is 0 Å². The van der Waals surface area contributed by atoms with E-state index in [4.69, 9.17) is 10.5 Å². The van der Waals surface area contributed by atoms with Gasteiger partial charge in [0, 0.05) is 25.3 Å². The standard InChI is InChI=1S/C13H17N5O/c14-11-1-3-13(4-2-11)18-10-12(15-16-18)9-17-5-7-19-8-6-17/h1-4,10H,5-9,14H2. The summed E-state index contributed by atoms with van der Waals surface area (Å²) < 4.78 is 7.10. The molecular weight excluding hydrogens is 242 g/mol. The highest BCUT2D eigenvalue weighted by Crippen LogP contribution is 2.11. The van der Waals surface area contributed by atoms with Crippen LogP contribution in [-0.4, -0.2) is 46.2 Å². The first-order chi connectivity index (χ1) is 9.31. The van der Waals surface area contributed by atoms with Gasteiger partial charge in [-0.1, -0.05) is 5.21 Å². The Bertz CT molecular complexity index is 530. The monoisotopic (exact) mass is 259 g/mol. The molecule has 2 heterocycles. The lowest BCUT2D eigenvalue weighted by Crippen LogP contribution is -2.35. The van der Waals surface area contributed by atoms with Gasteiger partial charge in [0.1, 0.15) is 0 Å². The molecule has 1 fully saturated rings. The highest BCUT2D eigenvalue weighted by Gasteiger charge is 2.12. The van der Waals surface area contributed by atoms with Crippen LogP contribution >= 0.6 is 0 Å². The molecule has 0 spiro atoms. The second-order valence-electron chi connectivity index (χ2n) is 4.63. The minimum atomic E-state index is 0.748. The minimum absolute atomic E-state index is 0.748. The van der Waals surface area contributed by atoms with Crippen LogP contribution in [0, 0.1) is 0 Å². The molecule has 2 N–H and O–H groups in total. The van der Waals surface area contributed by atoms with Crippen molar-refractivity contribution in [3.05, 3.63) is 36.2 Å². The summed E-state index contributed by atoms with van der Waals surface area (Å²) >= 11 is 0. The zero-order valence-electron chi connectivity index (χ0n) is 10.7. The lowest BCUT2D eigenvalue weighted by atomic mass is 10.3. The molecule has 1 aromatic heterocycles. The fourth-order valence-electron chi connectivity index (χ4n) is 2.11. The number of hydrogen-bond donors (Lipinski definition) is 1. The SMILES string of the molecule is Nc1ccc(-n2cc(CN3CCOCC3)nn2)cc1. The van der Waals surface area contributed by atoms with Crippen molar-refractivity contribution in [2.75, 3.05) is 32.0 Å². The maximum atomic E-state index is 5.67. The van der Waals surface area contributed by atoms with Crippen molar-refractivity contribution in [3.63, 3.8) is 0 Å². The van der Waals surface area contributed by atoms with E-state index in [-0.39, 0.29) is 0 Å². The van der Waals surface area contributed by atoms with Gasteiger partial charge in [-0.05, 0) is 24.3 Å². The molecule has 19 heavy (non-hydrogen) atoms. The van der Waals surface area contributed by atoms with Crippen molar-refractivity contribution in [1.29, 1.82) is 0 Å². The summed E-state index contributed by atoms with van der Waals surface area (Å²) in [5.41, 5.74) is 8.36.